The van der Waals surface area contributed by atoms with Gasteiger partial charge in [-0.3, -0.25) is 26.0 Å². The van der Waals surface area contributed by atoms with Gasteiger partial charge in [-0.15, -0.1) is 0 Å². The Morgan fingerprint density at radius 1 is 1.58 bits per heavy atom. The Morgan fingerprint density at radius 2 is 2.27 bits per heavy atom. The van der Waals surface area contributed by atoms with Crippen molar-refractivity contribution in [3.63, 3.8) is 0 Å². The lowest BCUT2D eigenvalue weighted by molar-refractivity contribution is -0.0410. The van der Waals surface area contributed by atoms with Crippen LogP contribution in [0.5, 0.6) is 0 Å². The molecule has 26 heavy (non-hydrogen) atoms. The lowest BCUT2D eigenvalue weighted by Crippen LogP contribution is -2.42. The molecule has 0 amide bonds. The second-order valence-corrected chi connectivity index (χ2v) is 7.15. The van der Waals surface area contributed by atoms with Gasteiger partial charge in [-0.1, -0.05) is 0 Å². The Labute approximate surface area is 159 Å². The molecule has 1 saturated heterocycles. The number of hydrogen-bond donors (Lipinski definition) is 4. The summed E-state index contributed by atoms with van der Waals surface area (Å²) in [5.41, 5.74) is 7.38. The van der Waals surface area contributed by atoms with Crippen LogP contribution in [-0.4, -0.2) is 59.5 Å². The third kappa shape index (κ3) is 4.64. The third-order valence-electron chi connectivity index (χ3n) is 4.24. The number of hydroxylamine groups is 1. The molecule has 1 aromatic rings. The van der Waals surface area contributed by atoms with Gasteiger partial charge in [0.25, 0.3) is 0 Å². The van der Waals surface area contributed by atoms with Crippen molar-refractivity contribution in [2.75, 3.05) is 20.2 Å². The molecular weight excluding hydrogens is 407 g/mol. The molecule has 1 aliphatic rings. The van der Waals surface area contributed by atoms with Gasteiger partial charge >= 0.3 is 0 Å². The van der Waals surface area contributed by atoms with Gasteiger partial charge in [0, 0.05) is 0 Å². The molecule has 0 radical (unpaired) electrons. The van der Waals surface area contributed by atoms with E-state index in [0.29, 0.717) is 18.8 Å². The number of amidine groups is 2. The molecule has 1 heterocycles. The maximum atomic E-state index is 13.3. The van der Waals surface area contributed by atoms with Crippen LogP contribution in [0.3, 0.4) is 0 Å². The minimum Gasteiger partial charge on any atom is -0.382 e. The fourth-order valence-electron chi connectivity index (χ4n) is 2.35. The molecule has 5 N–H and O–H groups in total. The highest BCUT2D eigenvalue weighted by atomic mass is 79.9. The van der Waals surface area contributed by atoms with Crippen molar-refractivity contribution in [2.24, 2.45) is 15.7 Å². The van der Waals surface area contributed by atoms with Gasteiger partial charge in [-0.2, -0.15) is 0 Å². The summed E-state index contributed by atoms with van der Waals surface area (Å²) in [7, 11) is 1.93. The summed E-state index contributed by atoms with van der Waals surface area (Å²) < 4.78 is 19.2. The van der Waals surface area contributed by atoms with Crippen molar-refractivity contribution in [3.05, 3.63) is 28.5 Å². The van der Waals surface area contributed by atoms with Crippen molar-refractivity contribution >= 4 is 39.0 Å². The van der Waals surface area contributed by atoms with E-state index in [2.05, 4.69) is 25.9 Å². The summed E-state index contributed by atoms with van der Waals surface area (Å²) in [6, 6.07) is 4.08. The number of nitrogens with one attached hydrogen (secondary N) is 2. The van der Waals surface area contributed by atoms with Crippen LogP contribution in [0, 0.1) is 11.2 Å². The lowest BCUT2D eigenvalue weighted by Gasteiger charge is -2.28. The van der Waals surface area contributed by atoms with Crippen molar-refractivity contribution in [1.82, 2.24) is 10.4 Å². The minimum absolute atomic E-state index is 0.0341. The van der Waals surface area contributed by atoms with Crippen LogP contribution in [-0.2, 0) is 4.74 Å². The number of benzene rings is 1. The molecule has 1 unspecified atom stereocenters. The first-order valence-electron chi connectivity index (χ1n) is 7.85. The first-order valence-corrected chi connectivity index (χ1v) is 8.65. The summed E-state index contributed by atoms with van der Waals surface area (Å²) in [6.45, 7) is 4.78. The van der Waals surface area contributed by atoms with Gasteiger partial charge in [0.2, 0.25) is 0 Å². The van der Waals surface area contributed by atoms with Gasteiger partial charge in [0.15, 0.2) is 5.84 Å². The zero-order valence-electron chi connectivity index (χ0n) is 14.8. The highest BCUT2D eigenvalue weighted by Gasteiger charge is 2.37. The second kappa shape index (κ2) is 8.21. The lowest BCUT2D eigenvalue weighted by atomic mass is 10.2. The van der Waals surface area contributed by atoms with Gasteiger partial charge < -0.3 is 10.5 Å². The third-order valence-corrected chi connectivity index (χ3v) is 4.85. The number of likely N-dealkylation sites (N-methyl/N-ethyl adjacent to an activating group) is 1. The van der Waals surface area contributed by atoms with Crippen molar-refractivity contribution in [1.29, 1.82) is 5.41 Å². The number of aliphatic imine (C=N–C) groups is 2. The Balaban J connectivity index is 2.11. The molecule has 1 aromatic carbocycles. The predicted octanol–water partition coefficient (Wildman–Crippen LogP) is 2.04. The van der Waals surface area contributed by atoms with E-state index in [1.165, 1.54) is 18.2 Å². The van der Waals surface area contributed by atoms with Crippen molar-refractivity contribution in [3.8, 4) is 0 Å². The molecule has 2 rings (SSSR count). The van der Waals surface area contributed by atoms with Crippen LogP contribution in [0.15, 0.2) is 32.7 Å². The normalized spacial score (nSPS) is 21.1. The van der Waals surface area contributed by atoms with E-state index in [9.17, 15) is 9.60 Å². The Bertz CT molecular complexity index is 752. The zero-order chi connectivity index (χ0) is 19.5. The predicted molar refractivity (Wildman–Crippen MR) is 102 cm³/mol. The SMILES string of the molecule is CN1C(CN=C(N)C(=N)C(=Nc2ccc(F)c(Br)c2)NO)COC1(C)C. The molecule has 8 nitrogen and oxygen atoms in total. The number of rotatable bonds is 5. The average Bonchev–Trinajstić information content (AvgIpc) is 2.86. The van der Waals surface area contributed by atoms with Crippen LogP contribution >= 0.6 is 15.9 Å². The van der Waals surface area contributed by atoms with Crippen LogP contribution < -0.4 is 11.2 Å². The number of ether oxygens (including phenoxy) is 1. The average molecular weight is 429 g/mol. The highest BCUT2D eigenvalue weighted by molar-refractivity contribution is 9.10. The van der Waals surface area contributed by atoms with E-state index < -0.39 is 5.82 Å². The summed E-state index contributed by atoms with van der Waals surface area (Å²) in [6.07, 6.45) is 0. The first-order chi connectivity index (χ1) is 12.2. The van der Waals surface area contributed by atoms with E-state index in [0.717, 1.165) is 0 Å². The quantitative estimate of drug-likeness (QED) is 0.325. The highest BCUT2D eigenvalue weighted by Crippen LogP contribution is 2.25. The standard InChI is InChI=1S/C16H22BrFN6O2/c1-16(2)24(3)10(8-26-16)7-21-14(20)13(19)15(23-25)22-9-4-5-12(18)11(17)6-9/h4-6,10,19,25H,7-8H2,1-3H3,(H2,20,21)(H,22,23). The van der Waals surface area contributed by atoms with E-state index in [4.69, 9.17) is 15.9 Å². The molecule has 0 bridgehead atoms. The number of hydrogen-bond acceptors (Lipinski definition) is 6. The van der Waals surface area contributed by atoms with Gasteiger partial charge in [-0.25, -0.2) is 9.38 Å². The maximum absolute atomic E-state index is 13.3. The monoisotopic (exact) mass is 428 g/mol. The summed E-state index contributed by atoms with van der Waals surface area (Å²) in [5, 5.41) is 17.3. The van der Waals surface area contributed by atoms with Crippen molar-refractivity contribution < 1.29 is 14.3 Å². The topological polar surface area (TPSA) is 119 Å². The van der Waals surface area contributed by atoms with E-state index in [1.807, 2.05) is 31.3 Å². The van der Waals surface area contributed by atoms with Crippen LogP contribution in [0.2, 0.25) is 0 Å². The molecule has 0 saturated carbocycles. The number of nitrogens with zero attached hydrogens (tertiary/aromatic N) is 3. The van der Waals surface area contributed by atoms with Gasteiger partial charge in [-0.05, 0) is 55.0 Å². The summed E-state index contributed by atoms with van der Waals surface area (Å²) >= 11 is 3.06. The minimum atomic E-state index is -0.440. The molecule has 0 aromatic heterocycles. The van der Waals surface area contributed by atoms with E-state index >= 15 is 0 Å². The molecule has 1 atom stereocenters. The van der Waals surface area contributed by atoms with Crippen LogP contribution in [0.4, 0.5) is 10.1 Å². The van der Waals surface area contributed by atoms with E-state index in [-0.39, 0.29) is 33.6 Å². The summed E-state index contributed by atoms with van der Waals surface area (Å²) in [5.74, 6) is -0.713. The molecule has 0 spiro atoms. The molecule has 0 aliphatic carbocycles. The number of halogens is 2. The van der Waals surface area contributed by atoms with Gasteiger partial charge in [0.05, 0.1) is 29.4 Å². The van der Waals surface area contributed by atoms with Crippen molar-refractivity contribution in [2.45, 2.75) is 25.6 Å². The first kappa shape index (κ1) is 20.4. The fraction of sp³-hybridized carbons (Fsp3) is 0.438. The zero-order valence-corrected chi connectivity index (χ0v) is 16.3. The molecule has 1 fully saturated rings. The summed E-state index contributed by atoms with van der Waals surface area (Å²) in [4.78, 5) is 10.3. The Hall–Kier alpha value is -1.88. The molecule has 10 heteroatoms. The Kier molecular flexibility index (Phi) is 6.45. The fourth-order valence-corrected chi connectivity index (χ4v) is 2.72. The Morgan fingerprint density at radius 3 is 2.81 bits per heavy atom. The molecular formula is C16H22BrFN6O2. The van der Waals surface area contributed by atoms with Crippen LogP contribution in [0.25, 0.3) is 0 Å². The van der Waals surface area contributed by atoms with Crippen LogP contribution in [0.1, 0.15) is 13.8 Å². The van der Waals surface area contributed by atoms with Gasteiger partial charge in [0.1, 0.15) is 23.1 Å². The van der Waals surface area contributed by atoms with E-state index in [1.54, 1.807) is 0 Å². The largest absolute Gasteiger partial charge is 0.382 e. The smallest absolute Gasteiger partial charge is 0.179 e. The number of nitrogens with two attached hydrogens (primary N) is 1. The second-order valence-electron chi connectivity index (χ2n) is 6.29. The molecule has 1 aliphatic heterocycles. The maximum Gasteiger partial charge on any atom is 0.179 e. The molecule has 142 valence electrons.